The van der Waals surface area contributed by atoms with E-state index in [9.17, 15) is 4.79 Å². The van der Waals surface area contributed by atoms with Crippen molar-refractivity contribution < 1.29 is 9.53 Å². The molecular formula is C16H14N4O2S. The lowest BCUT2D eigenvalue weighted by Crippen LogP contribution is -2.12. The fourth-order valence-electron chi connectivity index (χ4n) is 2.13. The molecule has 7 heteroatoms. The van der Waals surface area contributed by atoms with Gasteiger partial charge in [-0.15, -0.1) is 0 Å². The Morgan fingerprint density at radius 1 is 1.17 bits per heavy atom. The van der Waals surface area contributed by atoms with Crippen LogP contribution in [-0.2, 0) is 0 Å². The molecule has 3 rings (SSSR count). The van der Waals surface area contributed by atoms with Crippen LogP contribution >= 0.6 is 11.8 Å². The number of primary amides is 1. The molecule has 6 nitrogen and oxygen atoms in total. The molecule has 1 amide bonds. The second-order valence-corrected chi connectivity index (χ2v) is 5.78. The number of ether oxygens (including phenoxy) is 1. The van der Waals surface area contributed by atoms with Crippen molar-refractivity contribution in [2.75, 3.05) is 7.11 Å². The van der Waals surface area contributed by atoms with Crippen LogP contribution in [0, 0.1) is 0 Å². The number of nitrogens with one attached hydrogen (secondary N) is 1. The molecule has 0 spiro atoms. The summed E-state index contributed by atoms with van der Waals surface area (Å²) in [6.07, 6.45) is 0. The number of H-pyrrole nitrogens is 1. The van der Waals surface area contributed by atoms with Crippen LogP contribution in [0.25, 0.3) is 11.3 Å². The van der Waals surface area contributed by atoms with E-state index < -0.39 is 5.91 Å². The smallest absolute Gasteiger partial charge is 0.271 e. The van der Waals surface area contributed by atoms with Gasteiger partial charge in [0.05, 0.1) is 7.11 Å². The Balaban J connectivity index is 2.01. The van der Waals surface area contributed by atoms with Crippen molar-refractivity contribution in [3.05, 3.63) is 54.2 Å². The van der Waals surface area contributed by atoms with E-state index in [1.165, 1.54) is 0 Å². The number of rotatable bonds is 5. The van der Waals surface area contributed by atoms with Crippen LogP contribution in [0.4, 0.5) is 0 Å². The first kappa shape index (κ1) is 15.1. The van der Waals surface area contributed by atoms with E-state index in [-0.39, 0.29) is 5.69 Å². The van der Waals surface area contributed by atoms with Crippen LogP contribution < -0.4 is 10.5 Å². The lowest BCUT2D eigenvalue weighted by atomic mass is 10.1. The fraction of sp³-hybridized carbons (Fsp3) is 0.0625. The first-order valence-electron chi connectivity index (χ1n) is 6.81. The maximum absolute atomic E-state index is 11.5. The van der Waals surface area contributed by atoms with E-state index in [0.717, 1.165) is 21.1 Å². The predicted molar refractivity (Wildman–Crippen MR) is 87.5 cm³/mol. The standard InChI is InChI=1S/C16H14N4O2S/c1-22-10-5-4-6-11(9-10)23-13-8-3-2-7-12(13)14-15(16(17)21)19-20-18-14/h2-9H,1H3,(H2,17,21)(H,18,19,20). The number of carbonyl (C=O) groups is 1. The number of hydrogen-bond donors (Lipinski definition) is 2. The Morgan fingerprint density at radius 3 is 2.78 bits per heavy atom. The molecule has 23 heavy (non-hydrogen) atoms. The zero-order valence-electron chi connectivity index (χ0n) is 12.3. The Morgan fingerprint density at radius 2 is 2.00 bits per heavy atom. The van der Waals surface area contributed by atoms with Gasteiger partial charge in [-0.05, 0) is 24.3 Å². The molecule has 0 fully saturated rings. The van der Waals surface area contributed by atoms with E-state index >= 15 is 0 Å². The highest BCUT2D eigenvalue weighted by Gasteiger charge is 2.18. The van der Waals surface area contributed by atoms with Crippen molar-refractivity contribution in [1.82, 2.24) is 15.4 Å². The van der Waals surface area contributed by atoms with Crippen LogP contribution in [0.2, 0.25) is 0 Å². The van der Waals surface area contributed by atoms with Crippen LogP contribution in [0.5, 0.6) is 5.75 Å². The minimum Gasteiger partial charge on any atom is -0.497 e. The highest BCUT2D eigenvalue weighted by atomic mass is 32.2. The number of hydrogen-bond acceptors (Lipinski definition) is 5. The van der Waals surface area contributed by atoms with Crippen molar-refractivity contribution >= 4 is 17.7 Å². The Bertz CT molecular complexity index is 847. The maximum Gasteiger partial charge on any atom is 0.271 e. The molecule has 0 aliphatic rings. The average Bonchev–Trinajstić information content (AvgIpc) is 3.05. The van der Waals surface area contributed by atoms with Crippen LogP contribution in [0.15, 0.2) is 58.3 Å². The van der Waals surface area contributed by atoms with Crippen LogP contribution in [0.1, 0.15) is 10.5 Å². The minimum absolute atomic E-state index is 0.128. The summed E-state index contributed by atoms with van der Waals surface area (Å²) in [5.41, 5.74) is 6.72. The first-order valence-corrected chi connectivity index (χ1v) is 7.62. The molecule has 0 aliphatic heterocycles. The molecule has 1 aromatic heterocycles. The van der Waals surface area contributed by atoms with E-state index in [1.807, 2.05) is 48.5 Å². The fourth-order valence-corrected chi connectivity index (χ4v) is 3.13. The monoisotopic (exact) mass is 326 g/mol. The summed E-state index contributed by atoms with van der Waals surface area (Å²) in [6, 6.07) is 15.4. The zero-order valence-corrected chi connectivity index (χ0v) is 13.1. The third-order valence-electron chi connectivity index (χ3n) is 3.19. The van der Waals surface area contributed by atoms with Gasteiger partial charge in [-0.25, -0.2) is 0 Å². The molecule has 0 saturated heterocycles. The summed E-state index contributed by atoms with van der Waals surface area (Å²) in [7, 11) is 1.63. The number of aromatic amines is 1. The summed E-state index contributed by atoms with van der Waals surface area (Å²) < 4.78 is 5.24. The van der Waals surface area contributed by atoms with Crippen molar-refractivity contribution in [2.45, 2.75) is 9.79 Å². The number of nitrogens with two attached hydrogens (primary N) is 1. The Kier molecular flexibility index (Phi) is 4.29. The number of amides is 1. The molecular weight excluding hydrogens is 312 g/mol. The molecule has 3 N–H and O–H groups in total. The van der Waals surface area contributed by atoms with Gasteiger partial charge in [0.2, 0.25) is 0 Å². The van der Waals surface area contributed by atoms with Gasteiger partial charge in [-0.2, -0.15) is 15.4 Å². The third-order valence-corrected chi connectivity index (χ3v) is 4.26. The number of benzene rings is 2. The third kappa shape index (κ3) is 3.19. The lowest BCUT2D eigenvalue weighted by Gasteiger charge is -2.08. The first-order chi connectivity index (χ1) is 11.2. The predicted octanol–water partition coefficient (Wildman–Crippen LogP) is 2.73. The van der Waals surface area contributed by atoms with Gasteiger partial charge in [0, 0.05) is 15.4 Å². The summed E-state index contributed by atoms with van der Waals surface area (Å²) in [5.74, 6) is 0.168. The normalized spacial score (nSPS) is 10.5. The van der Waals surface area contributed by atoms with Gasteiger partial charge >= 0.3 is 0 Å². The largest absolute Gasteiger partial charge is 0.497 e. The molecule has 0 radical (unpaired) electrons. The summed E-state index contributed by atoms with van der Waals surface area (Å²) in [5, 5.41) is 10.4. The number of carbonyl (C=O) groups excluding carboxylic acids is 1. The topological polar surface area (TPSA) is 93.9 Å². The Labute approximate surface area is 137 Å². The molecule has 0 atom stereocenters. The summed E-state index contributed by atoms with van der Waals surface area (Å²) in [6.45, 7) is 0. The molecule has 0 saturated carbocycles. The van der Waals surface area contributed by atoms with Gasteiger partial charge in [0.25, 0.3) is 5.91 Å². The Hall–Kier alpha value is -2.80. The van der Waals surface area contributed by atoms with Gasteiger partial charge < -0.3 is 10.5 Å². The highest BCUT2D eigenvalue weighted by molar-refractivity contribution is 7.99. The second kappa shape index (κ2) is 6.53. The second-order valence-electron chi connectivity index (χ2n) is 4.66. The molecule has 0 bridgehead atoms. The van der Waals surface area contributed by atoms with Crippen molar-refractivity contribution in [3.63, 3.8) is 0 Å². The van der Waals surface area contributed by atoms with Gasteiger partial charge in [0.15, 0.2) is 5.69 Å². The number of nitrogens with zero attached hydrogens (tertiary/aromatic N) is 2. The quantitative estimate of drug-likeness (QED) is 0.752. The summed E-state index contributed by atoms with van der Waals surface area (Å²) in [4.78, 5) is 13.4. The highest BCUT2D eigenvalue weighted by Crippen LogP contribution is 2.36. The maximum atomic E-state index is 11.5. The molecule has 3 aromatic rings. The van der Waals surface area contributed by atoms with Crippen molar-refractivity contribution in [2.24, 2.45) is 5.73 Å². The lowest BCUT2D eigenvalue weighted by molar-refractivity contribution is 0.0996. The average molecular weight is 326 g/mol. The molecule has 116 valence electrons. The van der Waals surface area contributed by atoms with Gasteiger partial charge in [-0.3, -0.25) is 4.79 Å². The molecule has 0 aliphatic carbocycles. The van der Waals surface area contributed by atoms with E-state index in [0.29, 0.717) is 5.69 Å². The van der Waals surface area contributed by atoms with E-state index in [2.05, 4.69) is 15.4 Å². The van der Waals surface area contributed by atoms with Gasteiger partial charge in [-0.1, -0.05) is 36.0 Å². The van der Waals surface area contributed by atoms with Crippen molar-refractivity contribution in [1.29, 1.82) is 0 Å². The van der Waals surface area contributed by atoms with Crippen molar-refractivity contribution in [3.8, 4) is 17.0 Å². The van der Waals surface area contributed by atoms with E-state index in [4.69, 9.17) is 10.5 Å². The molecule has 2 aromatic carbocycles. The van der Waals surface area contributed by atoms with Gasteiger partial charge in [0.1, 0.15) is 11.4 Å². The zero-order chi connectivity index (χ0) is 16.2. The van der Waals surface area contributed by atoms with Crippen LogP contribution in [-0.4, -0.2) is 28.4 Å². The number of aromatic nitrogens is 3. The SMILES string of the molecule is COc1cccc(Sc2ccccc2-c2n[nH]nc2C(N)=O)c1. The number of methoxy groups -OCH3 is 1. The minimum atomic E-state index is -0.616. The molecule has 0 unspecified atom stereocenters. The summed E-state index contributed by atoms with van der Waals surface area (Å²) >= 11 is 1.55. The van der Waals surface area contributed by atoms with Crippen LogP contribution in [0.3, 0.4) is 0 Å². The van der Waals surface area contributed by atoms with E-state index in [1.54, 1.807) is 18.9 Å². The molecule has 1 heterocycles.